The van der Waals surface area contributed by atoms with Gasteiger partial charge in [0.2, 0.25) is 11.8 Å². The summed E-state index contributed by atoms with van der Waals surface area (Å²) in [4.78, 5) is 28.5. The molecule has 3 aliphatic rings. The van der Waals surface area contributed by atoms with E-state index in [9.17, 15) is 22.8 Å². The Labute approximate surface area is 172 Å². The first-order chi connectivity index (χ1) is 13.8. The number of amides is 2. The number of carbonyl (C=O) groups is 2. The fourth-order valence-corrected chi connectivity index (χ4v) is 5.51. The average molecular weight is 427 g/mol. The van der Waals surface area contributed by atoms with Crippen LogP contribution in [0.15, 0.2) is 24.3 Å². The van der Waals surface area contributed by atoms with Crippen molar-refractivity contribution in [1.29, 1.82) is 0 Å². The molecule has 2 saturated heterocycles. The Morgan fingerprint density at radius 2 is 1.86 bits per heavy atom. The maximum absolute atomic E-state index is 13.1. The average Bonchev–Trinajstić information content (AvgIpc) is 3.01. The molecule has 0 spiro atoms. The highest BCUT2D eigenvalue weighted by Gasteiger charge is 2.38. The maximum Gasteiger partial charge on any atom is 0.416 e. The zero-order chi connectivity index (χ0) is 20.6. The molecule has 4 nitrogen and oxygen atoms in total. The van der Waals surface area contributed by atoms with Crippen LogP contribution >= 0.6 is 11.8 Å². The molecule has 4 rings (SSSR count). The van der Waals surface area contributed by atoms with Crippen LogP contribution in [0.4, 0.5) is 13.2 Å². The smallest absolute Gasteiger partial charge is 0.342 e. The molecule has 1 unspecified atom stereocenters. The van der Waals surface area contributed by atoms with Gasteiger partial charge in [-0.1, -0.05) is 18.6 Å². The highest BCUT2D eigenvalue weighted by atomic mass is 32.2. The number of thioether (sulfide) groups is 1. The molecule has 1 aromatic rings. The van der Waals surface area contributed by atoms with Gasteiger partial charge in [-0.25, -0.2) is 0 Å². The van der Waals surface area contributed by atoms with E-state index in [1.54, 1.807) is 11.0 Å². The van der Waals surface area contributed by atoms with E-state index in [1.165, 1.54) is 17.8 Å². The van der Waals surface area contributed by atoms with E-state index < -0.39 is 11.7 Å². The first-order valence-corrected chi connectivity index (χ1v) is 11.2. The summed E-state index contributed by atoms with van der Waals surface area (Å²) in [6.45, 7) is 1.96. The lowest BCUT2D eigenvalue weighted by Gasteiger charge is -2.38. The van der Waals surface area contributed by atoms with E-state index in [1.807, 2.05) is 4.90 Å². The Hall–Kier alpha value is -1.70. The van der Waals surface area contributed by atoms with E-state index >= 15 is 0 Å². The molecule has 29 heavy (non-hydrogen) atoms. The molecule has 2 amide bonds. The van der Waals surface area contributed by atoms with Gasteiger partial charge in [0, 0.05) is 25.6 Å². The van der Waals surface area contributed by atoms with Crippen molar-refractivity contribution in [2.75, 3.05) is 25.4 Å². The number of hydrogen-bond donors (Lipinski definition) is 0. The summed E-state index contributed by atoms with van der Waals surface area (Å²) < 4.78 is 39.2. The van der Waals surface area contributed by atoms with Crippen molar-refractivity contribution in [3.05, 3.63) is 35.4 Å². The number of hydrogen-bond acceptors (Lipinski definition) is 3. The predicted octanol–water partition coefficient (Wildman–Crippen LogP) is 4.32. The molecule has 0 radical (unpaired) electrons. The van der Waals surface area contributed by atoms with Gasteiger partial charge in [-0.15, -0.1) is 11.8 Å². The number of alkyl halides is 3. The molecule has 2 heterocycles. The monoisotopic (exact) mass is 426 g/mol. The van der Waals surface area contributed by atoms with Crippen molar-refractivity contribution in [1.82, 2.24) is 9.80 Å². The molecular weight excluding hydrogens is 401 g/mol. The normalized spacial score (nSPS) is 24.1. The fourth-order valence-electron chi connectivity index (χ4n) is 4.32. The maximum atomic E-state index is 13.1. The SMILES string of the molecule is O=C(C1CCC1)N1CCC(CN2C(=O)CSC2c2cccc(C(F)(F)F)c2)CC1. The highest BCUT2D eigenvalue weighted by molar-refractivity contribution is 8.00. The largest absolute Gasteiger partial charge is 0.416 e. The van der Waals surface area contributed by atoms with Crippen molar-refractivity contribution in [2.45, 2.75) is 43.7 Å². The molecular formula is C21H25F3N2O2S. The second-order valence-corrected chi connectivity index (χ2v) is 9.30. The molecule has 1 saturated carbocycles. The summed E-state index contributed by atoms with van der Waals surface area (Å²) in [7, 11) is 0. The van der Waals surface area contributed by atoms with Crippen LogP contribution in [0.1, 0.15) is 48.6 Å². The first kappa shape index (κ1) is 20.6. The van der Waals surface area contributed by atoms with Crippen LogP contribution in [-0.4, -0.2) is 47.0 Å². The Morgan fingerprint density at radius 1 is 1.14 bits per heavy atom. The van der Waals surface area contributed by atoms with E-state index in [2.05, 4.69) is 0 Å². The van der Waals surface area contributed by atoms with Gasteiger partial charge in [-0.2, -0.15) is 13.2 Å². The van der Waals surface area contributed by atoms with Crippen molar-refractivity contribution in [3.63, 3.8) is 0 Å². The lowest BCUT2D eigenvalue weighted by molar-refractivity contribution is -0.140. The summed E-state index contributed by atoms with van der Waals surface area (Å²) >= 11 is 1.38. The van der Waals surface area contributed by atoms with Crippen LogP contribution in [-0.2, 0) is 15.8 Å². The van der Waals surface area contributed by atoms with E-state index in [0.29, 0.717) is 31.0 Å². The Bertz CT molecular complexity index is 773. The molecule has 0 N–H and O–H groups in total. The summed E-state index contributed by atoms with van der Waals surface area (Å²) in [6, 6.07) is 5.29. The number of nitrogens with zero attached hydrogens (tertiary/aromatic N) is 2. The van der Waals surface area contributed by atoms with Gasteiger partial charge in [0.05, 0.1) is 11.3 Å². The third-order valence-corrected chi connectivity index (χ3v) is 7.56. The summed E-state index contributed by atoms with van der Waals surface area (Å²) in [5.41, 5.74) is -0.161. The van der Waals surface area contributed by atoms with Gasteiger partial charge in [0.1, 0.15) is 5.37 Å². The van der Waals surface area contributed by atoms with Crippen LogP contribution in [0.2, 0.25) is 0 Å². The standard InChI is InChI=1S/C21H25F3N2O2S/c22-21(23,24)17-6-2-5-16(11-17)20-26(18(27)13-29-20)12-14-7-9-25(10-8-14)19(28)15-3-1-4-15/h2,5-6,11,14-15,20H,1,3-4,7-10,12-13H2. The Kier molecular flexibility index (Phi) is 5.82. The minimum absolute atomic E-state index is 0.0228. The zero-order valence-corrected chi connectivity index (χ0v) is 17.0. The number of carbonyl (C=O) groups excluding carboxylic acids is 2. The van der Waals surface area contributed by atoms with Gasteiger partial charge >= 0.3 is 6.18 Å². The summed E-state index contributed by atoms with van der Waals surface area (Å²) in [6.07, 6.45) is 0.408. The molecule has 0 bridgehead atoms. The number of piperidine rings is 1. The summed E-state index contributed by atoms with van der Waals surface area (Å²) in [5.74, 6) is 1.01. The van der Waals surface area contributed by atoms with Gasteiger partial charge in [-0.05, 0) is 49.3 Å². The molecule has 0 aromatic heterocycles. The summed E-state index contributed by atoms with van der Waals surface area (Å²) in [5, 5.41) is -0.376. The van der Waals surface area contributed by atoms with E-state index in [4.69, 9.17) is 0 Å². The van der Waals surface area contributed by atoms with Crippen molar-refractivity contribution >= 4 is 23.6 Å². The third kappa shape index (κ3) is 4.42. The number of benzene rings is 1. The van der Waals surface area contributed by atoms with Crippen molar-refractivity contribution in [2.24, 2.45) is 11.8 Å². The fraction of sp³-hybridized carbons (Fsp3) is 0.619. The molecule has 1 aromatic carbocycles. The zero-order valence-electron chi connectivity index (χ0n) is 16.2. The molecule has 1 atom stereocenters. The minimum Gasteiger partial charge on any atom is -0.342 e. The quantitative estimate of drug-likeness (QED) is 0.720. The minimum atomic E-state index is -4.39. The van der Waals surface area contributed by atoms with E-state index in [-0.39, 0.29) is 29.0 Å². The molecule has 158 valence electrons. The third-order valence-electron chi connectivity index (χ3n) is 6.30. The highest BCUT2D eigenvalue weighted by Crippen LogP contribution is 2.41. The lowest BCUT2D eigenvalue weighted by atomic mass is 9.83. The lowest BCUT2D eigenvalue weighted by Crippen LogP contribution is -2.45. The Morgan fingerprint density at radius 3 is 2.48 bits per heavy atom. The van der Waals surface area contributed by atoms with Crippen LogP contribution < -0.4 is 0 Å². The predicted molar refractivity (Wildman–Crippen MR) is 105 cm³/mol. The van der Waals surface area contributed by atoms with Crippen LogP contribution in [0.3, 0.4) is 0 Å². The van der Waals surface area contributed by atoms with Crippen LogP contribution in [0.5, 0.6) is 0 Å². The van der Waals surface area contributed by atoms with Crippen LogP contribution in [0.25, 0.3) is 0 Å². The second-order valence-electron chi connectivity index (χ2n) is 8.23. The first-order valence-electron chi connectivity index (χ1n) is 10.2. The second kappa shape index (κ2) is 8.20. The molecule has 3 fully saturated rings. The van der Waals surface area contributed by atoms with Crippen LogP contribution in [0, 0.1) is 11.8 Å². The number of rotatable bonds is 4. The van der Waals surface area contributed by atoms with Gasteiger partial charge < -0.3 is 9.80 Å². The molecule has 2 aliphatic heterocycles. The number of halogens is 3. The van der Waals surface area contributed by atoms with Crippen molar-refractivity contribution < 1.29 is 22.8 Å². The topological polar surface area (TPSA) is 40.6 Å². The van der Waals surface area contributed by atoms with E-state index in [0.717, 1.165) is 44.2 Å². The number of likely N-dealkylation sites (tertiary alicyclic amines) is 1. The van der Waals surface area contributed by atoms with Gasteiger partial charge in [0.15, 0.2) is 0 Å². The Balaban J connectivity index is 1.39. The van der Waals surface area contributed by atoms with Gasteiger partial charge in [0.25, 0.3) is 0 Å². The molecule has 1 aliphatic carbocycles. The van der Waals surface area contributed by atoms with Gasteiger partial charge in [-0.3, -0.25) is 9.59 Å². The van der Waals surface area contributed by atoms with Crippen molar-refractivity contribution in [3.8, 4) is 0 Å². The molecule has 8 heteroatoms.